The number of rotatable bonds is 5. The van der Waals surface area contributed by atoms with Crippen LogP contribution in [0.2, 0.25) is 0 Å². The Hall–Kier alpha value is -3.15. The van der Waals surface area contributed by atoms with Gasteiger partial charge in [0.05, 0.1) is 6.42 Å². The average molecular weight is 353 g/mol. The van der Waals surface area contributed by atoms with E-state index in [4.69, 9.17) is 0 Å². The molecule has 2 rings (SSSR count). The van der Waals surface area contributed by atoms with Gasteiger partial charge >= 0.3 is 0 Å². The highest BCUT2D eigenvalue weighted by atomic mass is 16.2. The highest BCUT2D eigenvalue weighted by molar-refractivity contribution is 5.97. The summed E-state index contributed by atoms with van der Waals surface area (Å²) in [7, 11) is 0. The van der Waals surface area contributed by atoms with Crippen molar-refractivity contribution in [3.05, 3.63) is 65.2 Å². The molecule has 0 aliphatic heterocycles. The van der Waals surface area contributed by atoms with Crippen molar-refractivity contribution in [3.63, 3.8) is 0 Å². The van der Waals surface area contributed by atoms with Gasteiger partial charge in [-0.3, -0.25) is 25.2 Å². The Balaban J connectivity index is 1.86. The number of hydrogen-bond donors (Lipinski definition) is 3. The van der Waals surface area contributed by atoms with E-state index >= 15 is 0 Å². The summed E-state index contributed by atoms with van der Waals surface area (Å²) in [5, 5.41) is 2.75. The second kappa shape index (κ2) is 8.80. The molecule has 6 nitrogen and oxygen atoms in total. The number of hydrazine groups is 1. The predicted molar refractivity (Wildman–Crippen MR) is 100 cm³/mol. The van der Waals surface area contributed by atoms with Gasteiger partial charge in [0.1, 0.15) is 0 Å². The number of nitrogens with one attached hydrogen (secondary N) is 3. The second-order valence-electron chi connectivity index (χ2n) is 6.33. The quantitative estimate of drug-likeness (QED) is 0.722. The molecule has 2 aromatic carbocycles. The van der Waals surface area contributed by atoms with E-state index in [0.717, 1.165) is 11.1 Å². The van der Waals surface area contributed by atoms with Crippen LogP contribution < -0.4 is 16.2 Å². The van der Waals surface area contributed by atoms with E-state index in [1.807, 2.05) is 31.2 Å². The van der Waals surface area contributed by atoms with E-state index in [1.54, 1.807) is 38.1 Å². The predicted octanol–water partition coefficient (Wildman–Crippen LogP) is 2.59. The third-order valence-electron chi connectivity index (χ3n) is 3.87. The van der Waals surface area contributed by atoms with Crippen molar-refractivity contribution in [2.24, 2.45) is 5.92 Å². The van der Waals surface area contributed by atoms with E-state index in [9.17, 15) is 14.4 Å². The SMILES string of the molecule is Cc1ccccc1CC(=O)NNC(=O)c1ccc(NC(=O)C(C)C)cc1. The van der Waals surface area contributed by atoms with Gasteiger partial charge in [0, 0.05) is 17.2 Å². The number of aryl methyl sites for hydroxylation is 1. The van der Waals surface area contributed by atoms with Crippen molar-refractivity contribution < 1.29 is 14.4 Å². The number of hydrogen-bond acceptors (Lipinski definition) is 3. The van der Waals surface area contributed by atoms with Gasteiger partial charge in [0.15, 0.2) is 0 Å². The smallest absolute Gasteiger partial charge is 0.269 e. The molecular formula is C20H23N3O3. The number of amides is 3. The molecular weight excluding hydrogens is 330 g/mol. The van der Waals surface area contributed by atoms with Crippen molar-refractivity contribution in [1.82, 2.24) is 10.9 Å². The van der Waals surface area contributed by atoms with Crippen LogP contribution in [0.25, 0.3) is 0 Å². The summed E-state index contributed by atoms with van der Waals surface area (Å²) in [4.78, 5) is 35.7. The first-order valence-corrected chi connectivity index (χ1v) is 8.41. The van der Waals surface area contributed by atoms with E-state index in [2.05, 4.69) is 16.2 Å². The van der Waals surface area contributed by atoms with Crippen molar-refractivity contribution >= 4 is 23.4 Å². The molecule has 0 aliphatic rings. The van der Waals surface area contributed by atoms with Gasteiger partial charge in [-0.15, -0.1) is 0 Å². The number of benzene rings is 2. The molecule has 0 saturated carbocycles. The van der Waals surface area contributed by atoms with Gasteiger partial charge < -0.3 is 5.32 Å². The van der Waals surface area contributed by atoms with E-state index < -0.39 is 5.91 Å². The minimum absolute atomic E-state index is 0.0920. The normalized spacial score (nSPS) is 10.3. The van der Waals surface area contributed by atoms with Crippen LogP contribution in [-0.4, -0.2) is 17.7 Å². The molecule has 0 unspecified atom stereocenters. The van der Waals surface area contributed by atoms with Crippen molar-refractivity contribution in [1.29, 1.82) is 0 Å². The lowest BCUT2D eigenvalue weighted by atomic mass is 10.1. The summed E-state index contributed by atoms with van der Waals surface area (Å²) >= 11 is 0. The summed E-state index contributed by atoms with van der Waals surface area (Å²) in [5.74, 6) is -0.939. The fraction of sp³-hybridized carbons (Fsp3) is 0.250. The van der Waals surface area contributed by atoms with Crippen molar-refractivity contribution in [3.8, 4) is 0 Å². The topological polar surface area (TPSA) is 87.3 Å². The maximum absolute atomic E-state index is 12.1. The van der Waals surface area contributed by atoms with Gasteiger partial charge in [0.25, 0.3) is 5.91 Å². The summed E-state index contributed by atoms with van der Waals surface area (Å²) in [5.41, 5.74) is 7.72. The second-order valence-corrected chi connectivity index (χ2v) is 6.33. The summed E-state index contributed by atoms with van der Waals surface area (Å²) in [6.07, 6.45) is 0.188. The van der Waals surface area contributed by atoms with Crippen LogP contribution >= 0.6 is 0 Å². The molecule has 136 valence electrons. The van der Waals surface area contributed by atoms with Gasteiger partial charge in [0.2, 0.25) is 11.8 Å². The van der Waals surface area contributed by atoms with Gasteiger partial charge in [-0.25, -0.2) is 0 Å². The lowest BCUT2D eigenvalue weighted by Crippen LogP contribution is -2.42. The standard InChI is InChI=1S/C20H23N3O3/c1-13(2)19(25)21-17-10-8-15(9-11-17)20(26)23-22-18(24)12-16-7-5-4-6-14(16)3/h4-11,13H,12H2,1-3H3,(H,21,25)(H,22,24)(H,23,26). The summed E-state index contributed by atoms with van der Waals surface area (Å²) in [6, 6.07) is 14.0. The summed E-state index contributed by atoms with van der Waals surface area (Å²) < 4.78 is 0. The Bertz CT molecular complexity index is 798. The first kappa shape index (κ1) is 19.2. The zero-order valence-electron chi connectivity index (χ0n) is 15.1. The van der Waals surface area contributed by atoms with Crippen LogP contribution in [0.3, 0.4) is 0 Å². The molecule has 6 heteroatoms. The molecule has 3 N–H and O–H groups in total. The minimum atomic E-state index is -0.426. The number of carbonyl (C=O) groups excluding carboxylic acids is 3. The maximum Gasteiger partial charge on any atom is 0.269 e. The van der Waals surface area contributed by atoms with E-state index in [0.29, 0.717) is 11.3 Å². The molecule has 0 radical (unpaired) electrons. The van der Waals surface area contributed by atoms with Crippen molar-refractivity contribution in [2.75, 3.05) is 5.32 Å². The molecule has 0 bridgehead atoms. The zero-order valence-corrected chi connectivity index (χ0v) is 15.1. The Labute approximate surface area is 153 Å². The lowest BCUT2D eigenvalue weighted by Gasteiger charge is -2.10. The minimum Gasteiger partial charge on any atom is -0.326 e. The van der Waals surface area contributed by atoms with Gasteiger partial charge in [-0.2, -0.15) is 0 Å². The molecule has 2 aromatic rings. The first-order valence-electron chi connectivity index (χ1n) is 8.41. The Morgan fingerprint density at radius 1 is 0.923 bits per heavy atom. The van der Waals surface area contributed by atoms with E-state index in [1.165, 1.54) is 0 Å². The molecule has 26 heavy (non-hydrogen) atoms. The molecule has 0 spiro atoms. The van der Waals surface area contributed by atoms with Crippen LogP contribution in [0.15, 0.2) is 48.5 Å². The van der Waals surface area contributed by atoms with E-state index in [-0.39, 0.29) is 24.2 Å². The molecule has 0 aromatic heterocycles. The maximum atomic E-state index is 12.1. The largest absolute Gasteiger partial charge is 0.326 e. The van der Waals surface area contributed by atoms with Crippen LogP contribution in [-0.2, 0) is 16.0 Å². The van der Waals surface area contributed by atoms with Crippen LogP contribution in [0.5, 0.6) is 0 Å². The van der Waals surface area contributed by atoms with Crippen LogP contribution in [0, 0.1) is 12.8 Å². The molecule has 0 saturated heterocycles. The van der Waals surface area contributed by atoms with Gasteiger partial charge in [-0.1, -0.05) is 38.1 Å². The molecule has 0 atom stereocenters. The fourth-order valence-electron chi connectivity index (χ4n) is 2.22. The highest BCUT2D eigenvalue weighted by Gasteiger charge is 2.10. The fourth-order valence-corrected chi connectivity index (χ4v) is 2.22. The molecule has 0 heterocycles. The molecule has 0 fully saturated rings. The summed E-state index contributed by atoms with van der Waals surface area (Å²) in [6.45, 7) is 5.54. The van der Waals surface area contributed by atoms with Crippen LogP contribution in [0.1, 0.15) is 35.3 Å². The number of anilines is 1. The highest BCUT2D eigenvalue weighted by Crippen LogP contribution is 2.11. The monoisotopic (exact) mass is 353 g/mol. The zero-order chi connectivity index (χ0) is 19.1. The number of carbonyl (C=O) groups is 3. The van der Waals surface area contributed by atoms with Crippen molar-refractivity contribution in [2.45, 2.75) is 27.2 Å². The Morgan fingerprint density at radius 3 is 2.19 bits per heavy atom. The average Bonchev–Trinajstić information content (AvgIpc) is 2.62. The lowest BCUT2D eigenvalue weighted by molar-refractivity contribution is -0.121. The molecule has 0 aliphatic carbocycles. The Morgan fingerprint density at radius 2 is 1.58 bits per heavy atom. The molecule has 3 amide bonds. The third-order valence-corrected chi connectivity index (χ3v) is 3.87. The van der Waals surface area contributed by atoms with Crippen LogP contribution in [0.4, 0.5) is 5.69 Å². The van der Waals surface area contributed by atoms with Gasteiger partial charge in [-0.05, 0) is 42.3 Å². The third kappa shape index (κ3) is 5.44. The first-order chi connectivity index (χ1) is 12.4. The Kier molecular flexibility index (Phi) is 6.49.